The molecule has 0 fully saturated rings. The molecule has 0 saturated heterocycles. The van der Waals surface area contributed by atoms with Gasteiger partial charge in [-0.1, -0.05) is 31.9 Å². The van der Waals surface area contributed by atoms with Crippen LogP contribution < -0.4 is 0 Å². The summed E-state index contributed by atoms with van der Waals surface area (Å²) in [6.07, 6.45) is 0. The minimum absolute atomic E-state index is 0.632. The molecule has 0 rings (SSSR count). The fourth-order valence-electron chi connectivity index (χ4n) is 1.62. The monoisotopic (exact) mass is 484 g/mol. The molecular weight excluding hydrogens is 452 g/mol. The van der Waals surface area contributed by atoms with E-state index in [1.165, 1.54) is 26.2 Å². The molecule has 23 heavy (non-hydrogen) atoms. The summed E-state index contributed by atoms with van der Waals surface area (Å²) in [4.78, 5) is 1.26. The fourth-order valence-corrected chi connectivity index (χ4v) is 3.19. The fraction of sp³-hybridized carbons (Fsp3) is 1.00. The molecule has 2 unspecified atom stereocenters. The first-order valence-electron chi connectivity index (χ1n) is 7.54. The van der Waals surface area contributed by atoms with Crippen LogP contribution in [0.4, 0.5) is 0 Å². The Labute approximate surface area is 160 Å². The Morgan fingerprint density at radius 1 is 0.826 bits per heavy atom. The molecule has 0 saturated carbocycles. The number of rotatable bonds is 6. The van der Waals surface area contributed by atoms with Crippen molar-refractivity contribution in [2.24, 2.45) is 0 Å². The van der Waals surface area contributed by atoms with Crippen LogP contribution in [0.2, 0.25) is 0 Å². The molecule has 0 aliphatic heterocycles. The summed E-state index contributed by atoms with van der Waals surface area (Å²) >= 11 is 7.07. The van der Waals surface area contributed by atoms with Crippen LogP contribution in [0.15, 0.2) is 0 Å². The van der Waals surface area contributed by atoms with E-state index in [0.29, 0.717) is 9.65 Å². The largest absolute Gasteiger partial charge is 0.759 e. The van der Waals surface area contributed by atoms with Crippen molar-refractivity contribution < 1.29 is 26.5 Å². The normalized spacial score (nSPS) is 14.8. The van der Waals surface area contributed by atoms with Gasteiger partial charge in [0.1, 0.15) is 0 Å². The zero-order chi connectivity index (χ0) is 19.5. The average Bonchev–Trinajstić information content (AvgIpc) is 2.24. The van der Waals surface area contributed by atoms with E-state index in [9.17, 15) is 0 Å². The molecule has 144 valence electrons. The third-order valence-corrected chi connectivity index (χ3v) is 3.78. The smallest absolute Gasteiger partial charge is 0.0906 e. The topological polar surface area (TPSA) is 80.3 Å². The Morgan fingerprint density at radius 2 is 1.00 bits per heavy atom. The SMILES string of the molecule is CC[N+](C)(C)CC(C)Br.CC[N+](C)(C)CC(C)Br.O=S(=O)([O-])[O-]. The van der Waals surface area contributed by atoms with Crippen LogP contribution in [0.25, 0.3) is 0 Å². The maximum absolute atomic E-state index is 8.52. The summed E-state index contributed by atoms with van der Waals surface area (Å²) in [5.41, 5.74) is 0. The van der Waals surface area contributed by atoms with E-state index in [0.717, 1.165) is 8.97 Å². The standard InChI is InChI=1S/2C7H17BrN.H2O4S/c2*1-5-9(3,4)6-7(2)8;1-5(2,3)4/h2*7H,5-6H2,1-4H3;(H2,1,2,3,4)/q2*+1;/p-2. The van der Waals surface area contributed by atoms with E-state index in [1.54, 1.807) is 0 Å². The first-order chi connectivity index (χ1) is 9.95. The number of nitrogens with zero attached hydrogens (tertiary/aromatic N) is 2. The van der Waals surface area contributed by atoms with Crippen LogP contribution in [0.5, 0.6) is 0 Å². The Bertz CT molecular complexity index is 356. The van der Waals surface area contributed by atoms with Gasteiger partial charge in [-0.2, -0.15) is 0 Å². The Morgan fingerprint density at radius 3 is 1.04 bits per heavy atom. The maximum atomic E-state index is 8.52. The van der Waals surface area contributed by atoms with Crippen molar-refractivity contribution in [3.05, 3.63) is 0 Å². The molecule has 0 aliphatic rings. The molecule has 0 bridgehead atoms. The molecule has 0 aromatic rings. The second-order valence-electron chi connectivity index (χ2n) is 6.84. The van der Waals surface area contributed by atoms with Crippen molar-refractivity contribution in [3.63, 3.8) is 0 Å². The molecule has 0 aromatic heterocycles. The second kappa shape index (κ2) is 13.0. The van der Waals surface area contributed by atoms with Gasteiger partial charge in [-0.05, 0) is 27.7 Å². The lowest BCUT2D eigenvalue weighted by Crippen LogP contribution is -2.42. The van der Waals surface area contributed by atoms with E-state index < -0.39 is 10.4 Å². The Kier molecular flexibility index (Phi) is 16.2. The van der Waals surface area contributed by atoms with Crippen LogP contribution in [-0.2, 0) is 10.4 Å². The maximum Gasteiger partial charge on any atom is 0.0906 e. The van der Waals surface area contributed by atoms with Gasteiger partial charge >= 0.3 is 0 Å². The van der Waals surface area contributed by atoms with Crippen LogP contribution in [-0.4, -0.2) is 90.5 Å². The Balaban J connectivity index is -0.000000273. The lowest BCUT2D eigenvalue weighted by atomic mass is 10.4. The van der Waals surface area contributed by atoms with Crippen molar-refractivity contribution >= 4 is 42.3 Å². The lowest BCUT2D eigenvalue weighted by molar-refractivity contribution is -0.887. The highest BCUT2D eigenvalue weighted by Crippen LogP contribution is 2.05. The first kappa shape index (κ1) is 28.5. The molecule has 0 aliphatic carbocycles. The quantitative estimate of drug-likeness (QED) is 0.250. The van der Waals surface area contributed by atoms with Crippen molar-refractivity contribution in [3.8, 4) is 0 Å². The molecule has 0 aromatic carbocycles. The van der Waals surface area contributed by atoms with Gasteiger partial charge in [0.2, 0.25) is 0 Å². The highest BCUT2D eigenvalue weighted by atomic mass is 79.9. The molecular formula is C14H34Br2N2O4S. The van der Waals surface area contributed by atoms with E-state index in [4.69, 9.17) is 17.5 Å². The number of alkyl halides is 2. The summed E-state index contributed by atoms with van der Waals surface area (Å²) in [5.74, 6) is 0. The van der Waals surface area contributed by atoms with Crippen molar-refractivity contribution in [1.82, 2.24) is 0 Å². The van der Waals surface area contributed by atoms with Crippen molar-refractivity contribution in [2.75, 3.05) is 54.4 Å². The van der Waals surface area contributed by atoms with Crippen molar-refractivity contribution in [2.45, 2.75) is 37.3 Å². The van der Waals surface area contributed by atoms with Gasteiger partial charge in [0.25, 0.3) is 0 Å². The van der Waals surface area contributed by atoms with E-state index in [2.05, 4.69) is 87.7 Å². The minimum atomic E-state index is -5.17. The summed E-state index contributed by atoms with van der Waals surface area (Å²) in [7, 11) is 3.82. The van der Waals surface area contributed by atoms with Gasteiger partial charge in [-0.15, -0.1) is 0 Å². The van der Waals surface area contributed by atoms with Gasteiger partial charge in [0.05, 0.1) is 64.0 Å². The van der Waals surface area contributed by atoms with Crippen molar-refractivity contribution in [1.29, 1.82) is 0 Å². The van der Waals surface area contributed by atoms with E-state index >= 15 is 0 Å². The molecule has 0 amide bonds. The van der Waals surface area contributed by atoms with E-state index in [-0.39, 0.29) is 0 Å². The summed E-state index contributed by atoms with van der Waals surface area (Å²) in [6.45, 7) is 13.6. The number of hydrogen-bond donors (Lipinski definition) is 0. The predicted octanol–water partition coefficient (Wildman–Crippen LogP) is 2.39. The highest BCUT2D eigenvalue weighted by Gasteiger charge is 2.14. The van der Waals surface area contributed by atoms with Gasteiger partial charge in [-0.3, -0.25) is 8.42 Å². The zero-order valence-corrected chi connectivity index (χ0v) is 19.7. The van der Waals surface area contributed by atoms with Crippen LogP contribution >= 0.6 is 31.9 Å². The summed E-state index contributed by atoms with van der Waals surface area (Å²) in [6, 6.07) is 0. The van der Waals surface area contributed by atoms with Gasteiger partial charge in [-0.25, -0.2) is 0 Å². The number of halogens is 2. The third kappa shape index (κ3) is 34.9. The van der Waals surface area contributed by atoms with Gasteiger partial charge in [0.15, 0.2) is 0 Å². The molecule has 0 spiro atoms. The average molecular weight is 486 g/mol. The minimum Gasteiger partial charge on any atom is -0.759 e. The molecule has 6 nitrogen and oxygen atoms in total. The summed E-state index contributed by atoms with van der Waals surface area (Å²) < 4.78 is 36.3. The predicted molar refractivity (Wildman–Crippen MR) is 102 cm³/mol. The molecule has 9 heteroatoms. The Hall–Kier alpha value is 0.750. The second-order valence-corrected chi connectivity index (χ2v) is 10.8. The van der Waals surface area contributed by atoms with E-state index in [1.807, 2.05) is 0 Å². The number of quaternary nitrogens is 2. The zero-order valence-electron chi connectivity index (χ0n) is 15.7. The molecule has 0 heterocycles. The summed E-state index contributed by atoms with van der Waals surface area (Å²) in [5, 5.41) is 0. The lowest BCUT2D eigenvalue weighted by Gasteiger charge is -2.29. The molecule has 2 atom stereocenters. The molecule has 0 N–H and O–H groups in total. The highest BCUT2D eigenvalue weighted by molar-refractivity contribution is 9.09. The van der Waals surface area contributed by atoms with Crippen LogP contribution in [0, 0.1) is 0 Å². The number of hydrogen-bond acceptors (Lipinski definition) is 4. The third-order valence-electron chi connectivity index (χ3n) is 3.20. The van der Waals surface area contributed by atoms with Crippen LogP contribution in [0.3, 0.4) is 0 Å². The van der Waals surface area contributed by atoms with Gasteiger partial charge in [0, 0.05) is 10.4 Å². The molecule has 0 radical (unpaired) electrons. The van der Waals surface area contributed by atoms with Gasteiger partial charge < -0.3 is 18.1 Å². The van der Waals surface area contributed by atoms with Crippen LogP contribution in [0.1, 0.15) is 27.7 Å². The first-order valence-corrected chi connectivity index (χ1v) is 10.7.